The van der Waals surface area contributed by atoms with E-state index in [-0.39, 0.29) is 0 Å². The van der Waals surface area contributed by atoms with Gasteiger partial charge in [-0.25, -0.2) is 0 Å². The summed E-state index contributed by atoms with van der Waals surface area (Å²) in [7, 11) is 0. The van der Waals surface area contributed by atoms with Gasteiger partial charge in [-0.1, -0.05) is 115 Å². The van der Waals surface area contributed by atoms with E-state index in [0.717, 1.165) is 11.1 Å². The Morgan fingerprint density at radius 1 is 0.514 bits per heavy atom. The van der Waals surface area contributed by atoms with Gasteiger partial charge in [0.25, 0.3) is 0 Å². The fraction of sp³-hybridized carbons (Fsp3) is 0.529. The average Bonchev–Trinajstić information content (AvgIpc) is 2.89. The maximum Gasteiger partial charge on any atom is 0.0256 e. The molecule has 0 spiro atoms. The molecule has 0 atom stereocenters. The topological polar surface area (TPSA) is 0 Å². The monoisotopic (exact) mass is 486 g/mol. The molecule has 0 aliphatic rings. The third-order valence-electron chi connectivity index (χ3n) is 6.37. The molecule has 188 valence electrons. The highest BCUT2D eigenvalue weighted by molar-refractivity contribution is 7.99. The van der Waals surface area contributed by atoms with E-state index in [1.54, 1.807) is 0 Å². The predicted octanol–water partition coefficient (Wildman–Crippen LogP) is 10.2. The summed E-state index contributed by atoms with van der Waals surface area (Å²) < 4.78 is 0. The summed E-state index contributed by atoms with van der Waals surface area (Å²) in [5.41, 5.74) is 3.49. The molecule has 0 heterocycles. The maximum absolute atomic E-state index is 3.18. The van der Waals surface area contributed by atoms with Gasteiger partial charge in [-0.2, -0.15) is 0 Å². The van der Waals surface area contributed by atoms with Gasteiger partial charge < -0.3 is 0 Å². The Labute approximate surface area is 221 Å². The van der Waals surface area contributed by atoms with Gasteiger partial charge in [0, 0.05) is 16.0 Å². The van der Waals surface area contributed by atoms with Crippen LogP contribution in [0.2, 0.25) is 0 Å². The van der Waals surface area contributed by atoms with Crippen LogP contribution in [0.25, 0.3) is 0 Å². The third kappa shape index (κ3) is 14.8. The summed E-state index contributed by atoms with van der Waals surface area (Å²) >= 11 is 1.94. The van der Waals surface area contributed by atoms with Crippen molar-refractivity contribution in [1.82, 2.24) is 0 Å². The van der Waals surface area contributed by atoms with Crippen molar-refractivity contribution in [3.8, 4) is 23.7 Å². The van der Waals surface area contributed by atoms with Gasteiger partial charge in [0.1, 0.15) is 0 Å². The Bertz CT molecular complexity index is 900. The van der Waals surface area contributed by atoms with Crippen molar-refractivity contribution in [2.24, 2.45) is 0 Å². The van der Waals surface area contributed by atoms with Gasteiger partial charge >= 0.3 is 0 Å². The van der Waals surface area contributed by atoms with Gasteiger partial charge in [-0.05, 0) is 78.8 Å². The Morgan fingerprint density at radius 2 is 0.971 bits per heavy atom. The summed E-state index contributed by atoms with van der Waals surface area (Å²) in [5.74, 6) is 13.6. The first-order valence-corrected chi connectivity index (χ1v) is 15.1. The fourth-order valence-corrected chi connectivity index (χ4v) is 5.04. The standard InChI is InChI=1S/C34H46S/c1-3-5-7-9-10-11-12-13-14-15-19-31-22-24-32(25-23-31)20-16-17-21-33-26-28-34(29-27-33)35-30-18-8-6-4-2/h22-29H,3-15,18-19,30H2,1-2H3. The highest BCUT2D eigenvalue weighted by Crippen LogP contribution is 2.20. The fourth-order valence-electron chi connectivity index (χ4n) is 4.13. The van der Waals surface area contributed by atoms with Crippen molar-refractivity contribution in [3.05, 3.63) is 65.2 Å². The van der Waals surface area contributed by atoms with E-state index in [1.807, 2.05) is 11.8 Å². The lowest BCUT2D eigenvalue weighted by Gasteiger charge is -2.03. The van der Waals surface area contributed by atoms with Gasteiger partial charge in [0.05, 0.1) is 0 Å². The Hall–Kier alpha value is -2.09. The molecular formula is C34H46S. The molecule has 2 aromatic carbocycles. The van der Waals surface area contributed by atoms with Crippen molar-refractivity contribution in [3.63, 3.8) is 0 Å². The molecule has 0 radical (unpaired) electrons. The van der Waals surface area contributed by atoms with E-state index in [9.17, 15) is 0 Å². The summed E-state index contributed by atoms with van der Waals surface area (Å²) in [6, 6.07) is 17.3. The quantitative estimate of drug-likeness (QED) is 0.122. The molecule has 1 heteroatoms. The molecule has 0 aliphatic carbocycles. The zero-order valence-electron chi connectivity index (χ0n) is 22.3. The molecule has 0 amide bonds. The molecule has 0 fully saturated rings. The maximum atomic E-state index is 3.18. The van der Waals surface area contributed by atoms with E-state index in [4.69, 9.17) is 0 Å². The van der Waals surface area contributed by atoms with Crippen LogP contribution in [0.3, 0.4) is 0 Å². The van der Waals surface area contributed by atoms with Gasteiger partial charge in [0.2, 0.25) is 0 Å². The van der Waals surface area contributed by atoms with E-state index in [2.05, 4.69) is 86.1 Å². The van der Waals surface area contributed by atoms with E-state index >= 15 is 0 Å². The summed E-state index contributed by atoms with van der Waals surface area (Å²) in [6.45, 7) is 4.54. The van der Waals surface area contributed by atoms with E-state index in [0.29, 0.717) is 0 Å². The minimum atomic E-state index is 1.03. The van der Waals surface area contributed by atoms with Crippen LogP contribution < -0.4 is 0 Å². The summed E-state index contributed by atoms with van der Waals surface area (Å²) in [4.78, 5) is 1.33. The minimum Gasteiger partial charge on any atom is -0.126 e. The number of aryl methyl sites for hydroxylation is 1. The first-order chi connectivity index (χ1) is 17.3. The molecule has 0 saturated heterocycles. The third-order valence-corrected chi connectivity index (χ3v) is 7.47. The number of hydrogen-bond acceptors (Lipinski definition) is 1. The van der Waals surface area contributed by atoms with Crippen LogP contribution in [0.5, 0.6) is 0 Å². The van der Waals surface area contributed by atoms with Gasteiger partial charge in [0.15, 0.2) is 0 Å². The predicted molar refractivity (Wildman–Crippen MR) is 157 cm³/mol. The highest BCUT2D eigenvalue weighted by atomic mass is 32.2. The largest absolute Gasteiger partial charge is 0.126 e. The molecule has 0 saturated carbocycles. The SMILES string of the molecule is CCCCCCCCCCCCc1ccc(C#CC#Cc2ccc(SCCCCCC)cc2)cc1. The van der Waals surface area contributed by atoms with Gasteiger partial charge in [-0.3, -0.25) is 0 Å². The number of benzene rings is 2. The van der Waals surface area contributed by atoms with Crippen LogP contribution in [-0.4, -0.2) is 5.75 Å². The molecular weight excluding hydrogens is 440 g/mol. The number of thioether (sulfide) groups is 1. The zero-order valence-corrected chi connectivity index (χ0v) is 23.2. The summed E-state index contributed by atoms with van der Waals surface area (Å²) in [5, 5.41) is 0. The number of hydrogen-bond donors (Lipinski definition) is 0. The smallest absolute Gasteiger partial charge is 0.0256 e. The molecule has 35 heavy (non-hydrogen) atoms. The molecule has 0 aliphatic heterocycles. The van der Waals surface area contributed by atoms with Crippen LogP contribution in [0.1, 0.15) is 120 Å². The molecule has 2 aromatic rings. The molecule has 0 unspecified atom stereocenters. The van der Waals surface area contributed by atoms with Crippen molar-refractivity contribution < 1.29 is 0 Å². The molecule has 0 N–H and O–H groups in total. The second kappa shape index (κ2) is 20.1. The lowest BCUT2D eigenvalue weighted by Crippen LogP contribution is -1.87. The second-order valence-corrected chi connectivity index (χ2v) is 10.7. The van der Waals surface area contributed by atoms with Crippen LogP contribution in [-0.2, 0) is 6.42 Å². The first-order valence-electron chi connectivity index (χ1n) is 14.2. The minimum absolute atomic E-state index is 1.03. The van der Waals surface area contributed by atoms with Crippen LogP contribution in [0.15, 0.2) is 53.4 Å². The lowest BCUT2D eigenvalue weighted by molar-refractivity contribution is 0.556. The van der Waals surface area contributed by atoms with Crippen LogP contribution >= 0.6 is 11.8 Å². The highest BCUT2D eigenvalue weighted by Gasteiger charge is 1.97. The summed E-state index contributed by atoms with van der Waals surface area (Å²) in [6.07, 6.45) is 20.4. The average molecular weight is 487 g/mol. The first kappa shape index (κ1) is 29.1. The van der Waals surface area contributed by atoms with Crippen molar-refractivity contribution in [2.45, 2.75) is 115 Å². The Balaban J connectivity index is 1.62. The van der Waals surface area contributed by atoms with Gasteiger partial charge in [-0.15, -0.1) is 11.8 Å². The Kier molecular flexibility index (Phi) is 16.8. The second-order valence-electron chi connectivity index (χ2n) is 9.56. The van der Waals surface area contributed by atoms with E-state index < -0.39 is 0 Å². The lowest BCUT2D eigenvalue weighted by atomic mass is 10.0. The van der Waals surface area contributed by atoms with Crippen LogP contribution in [0, 0.1) is 23.7 Å². The number of rotatable bonds is 17. The normalized spacial score (nSPS) is 10.3. The molecule has 2 rings (SSSR count). The molecule has 0 bridgehead atoms. The Morgan fingerprint density at radius 3 is 1.51 bits per heavy atom. The number of unbranched alkanes of at least 4 members (excludes halogenated alkanes) is 12. The van der Waals surface area contributed by atoms with Crippen LogP contribution in [0.4, 0.5) is 0 Å². The zero-order chi connectivity index (χ0) is 24.8. The molecule has 0 aromatic heterocycles. The molecule has 0 nitrogen and oxygen atoms in total. The van der Waals surface area contributed by atoms with Crippen molar-refractivity contribution in [2.75, 3.05) is 5.75 Å². The van der Waals surface area contributed by atoms with Crippen molar-refractivity contribution >= 4 is 11.8 Å². The van der Waals surface area contributed by atoms with E-state index in [1.165, 1.54) is 113 Å². The van der Waals surface area contributed by atoms with Crippen molar-refractivity contribution in [1.29, 1.82) is 0 Å².